The lowest BCUT2D eigenvalue weighted by Gasteiger charge is -2.14. The van der Waals surface area contributed by atoms with Gasteiger partial charge in [-0.25, -0.2) is 0 Å². The van der Waals surface area contributed by atoms with Gasteiger partial charge in [0.2, 0.25) is 11.8 Å². The molecule has 2 aromatic heterocycles. The molecule has 7 nitrogen and oxygen atoms in total. The van der Waals surface area contributed by atoms with Crippen LogP contribution in [0.4, 0.5) is 5.82 Å². The Morgan fingerprint density at radius 1 is 1.45 bits per heavy atom. The SMILES string of the molecule is Cc1noc(CCC(=O)Nc2cc(C(C)(C)C)[nH]n2)n1. The zero-order valence-electron chi connectivity index (χ0n) is 12.1. The number of nitrogens with one attached hydrogen (secondary N) is 2. The standard InChI is InChI=1S/C13H19N5O2/c1-8-14-12(20-18-8)6-5-11(19)15-10-7-9(16-17-10)13(2,3)4/h7H,5-6H2,1-4H3,(H2,15,16,17,19). The van der Waals surface area contributed by atoms with Crippen LogP contribution in [-0.4, -0.2) is 26.2 Å². The van der Waals surface area contributed by atoms with Crippen LogP contribution in [0.1, 0.15) is 44.6 Å². The summed E-state index contributed by atoms with van der Waals surface area (Å²) >= 11 is 0. The third-order valence-corrected chi connectivity index (χ3v) is 2.79. The molecule has 2 rings (SSSR count). The number of amides is 1. The molecular formula is C13H19N5O2. The Kier molecular flexibility index (Phi) is 3.87. The van der Waals surface area contributed by atoms with Crippen LogP contribution in [-0.2, 0) is 16.6 Å². The first-order valence-electron chi connectivity index (χ1n) is 6.49. The molecule has 20 heavy (non-hydrogen) atoms. The second-order valence-corrected chi connectivity index (χ2v) is 5.70. The number of carbonyl (C=O) groups excluding carboxylic acids is 1. The van der Waals surface area contributed by atoms with E-state index >= 15 is 0 Å². The van der Waals surface area contributed by atoms with Crippen LogP contribution in [0.5, 0.6) is 0 Å². The van der Waals surface area contributed by atoms with Gasteiger partial charge in [0.25, 0.3) is 0 Å². The van der Waals surface area contributed by atoms with Crippen molar-refractivity contribution in [2.75, 3.05) is 5.32 Å². The van der Waals surface area contributed by atoms with Gasteiger partial charge in [0, 0.05) is 30.0 Å². The van der Waals surface area contributed by atoms with Gasteiger partial charge in [0.1, 0.15) is 0 Å². The molecule has 2 aromatic rings. The molecule has 0 aliphatic carbocycles. The largest absolute Gasteiger partial charge is 0.339 e. The molecular weight excluding hydrogens is 258 g/mol. The lowest BCUT2D eigenvalue weighted by atomic mass is 9.92. The smallest absolute Gasteiger partial charge is 0.227 e. The average molecular weight is 277 g/mol. The van der Waals surface area contributed by atoms with Gasteiger partial charge in [0.15, 0.2) is 11.6 Å². The quantitative estimate of drug-likeness (QED) is 0.890. The summed E-state index contributed by atoms with van der Waals surface area (Å²) in [6, 6.07) is 1.84. The molecule has 0 radical (unpaired) electrons. The van der Waals surface area contributed by atoms with Gasteiger partial charge in [-0.3, -0.25) is 9.89 Å². The van der Waals surface area contributed by atoms with Crippen molar-refractivity contribution in [3.8, 4) is 0 Å². The Bertz CT molecular complexity index is 594. The topological polar surface area (TPSA) is 96.7 Å². The van der Waals surface area contributed by atoms with Crippen LogP contribution in [0, 0.1) is 6.92 Å². The number of aromatic nitrogens is 4. The summed E-state index contributed by atoms with van der Waals surface area (Å²) in [4.78, 5) is 15.8. The van der Waals surface area contributed by atoms with Crippen LogP contribution < -0.4 is 5.32 Å². The second-order valence-electron chi connectivity index (χ2n) is 5.70. The molecule has 0 aliphatic heterocycles. The van der Waals surface area contributed by atoms with Crippen molar-refractivity contribution in [3.05, 3.63) is 23.5 Å². The minimum Gasteiger partial charge on any atom is -0.339 e. The molecule has 0 fully saturated rings. The van der Waals surface area contributed by atoms with Gasteiger partial charge < -0.3 is 9.84 Å². The molecule has 0 saturated carbocycles. The van der Waals surface area contributed by atoms with E-state index < -0.39 is 0 Å². The lowest BCUT2D eigenvalue weighted by molar-refractivity contribution is -0.116. The first-order valence-corrected chi connectivity index (χ1v) is 6.49. The maximum atomic E-state index is 11.8. The van der Waals surface area contributed by atoms with Crippen molar-refractivity contribution >= 4 is 11.7 Å². The highest BCUT2D eigenvalue weighted by molar-refractivity contribution is 5.89. The van der Waals surface area contributed by atoms with Crippen molar-refractivity contribution in [2.45, 2.75) is 46.0 Å². The van der Waals surface area contributed by atoms with E-state index in [2.05, 4.69) is 46.4 Å². The summed E-state index contributed by atoms with van der Waals surface area (Å²) < 4.78 is 4.95. The number of hydrogen-bond donors (Lipinski definition) is 2. The third kappa shape index (κ3) is 3.66. The van der Waals surface area contributed by atoms with Crippen molar-refractivity contribution in [3.63, 3.8) is 0 Å². The molecule has 0 bridgehead atoms. The van der Waals surface area contributed by atoms with Gasteiger partial charge in [-0.15, -0.1) is 0 Å². The number of carbonyl (C=O) groups is 1. The molecule has 2 heterocycles. The predicted octanol–water partition coefficient (Wildman–Crippen LogP) is 1.97. The fourth-order valence-electron chi connectivity index (χ4n) is 1.64. The van der Waals surface area contributed by atoms with Crippen LogP contribution >= 0.6 is 0 Å². The van der Waals surface area contributed by atoms with Crippen molar-refractivity contribution in [2.24, 2.45) is 0 Å². The Hall–Kier alpha value is -2.18. The molecule has 0 spiro atoms. The third-order valence-electron chi connectivity index (χ3n) is 2.79. The molecule has 0 aliphatic rings. The highest BCUT2D eigenvalue weighted by Gasteiger charge is 2.17. The van der Waals surface area contributed by atoms with Crippen molar-refractivity contribution in [1.29, 1.82) is 0 Å². The Balaban J connectivity index is 1.87. The van der Waals surface area contributed by atoms with Crippen molar-refractivity contribution in [1.82, 2.24) is 20.3 Å². The summed E-state index contributed by atoms with van der Waals surface area (Å²) in [6.45, 7) is 7.96. The van der Waals surface area contributed by atoms with Gasteiger partial charge in [-0.1, -0.05) is 25.9 Å². The van der Waals surface area contributed by atoms with Crippen LogP contribution in [0.25, 0.3) is 0 Å². The molecule has 0 aromatic carbocycles. The maximum Gasteiger partial charge on any atom is 0.227 e. The minimum atomic E-state index is -0.132. The fourth-order valence-corrected chi connectivity index (χ4v) is 1.64. The Morgan fingerprint density at radius 3 is 2.75 bits per heavy atom. The van der Waals surface area contributed by atoms with Crippen LogP contribution in [0.3, 0.4) is 0 Å². The Morgan fingerprint density at radius 2 is 2.20 bits per heavy atom. The van der Waals surface area contributed by atoms with E-state index in [9.17, 15) is 4.79 Å². The predicted molar refractivity (Wildman–Crippen MR) is 73.3 cm³/mol. The van der Waals surface area contributed by atoms with E-state index in [1.54, 1.807) is 6.92 Å². The lowest BCUT2D eigenvalue weighted by Crippen LogP contribution is -2.13. The monoisotopic (exact) mass is 277 g/mol. The van der Waals surface area contributed by atoms with Crippen molar-refractivity contribution < 1.29 is 9.32 Å². The van der Waals surface area contributed by atoms with Crippen LogP contribution in [0.2, 0.25) is 0 Å². The van der Waals surface area contributed by atoms with E-state index in [0.29, 0.717) is 24.0 Å². The number of aryl methyl sites for hydroxylation is 2. The minimum absolute atomic E-state index is 0.0305. The van der Waals surface area contributed by atoms with Crippen LogP contribution in [0.15, 0.2) is 10.6 Å². The van der Waals surface area contributed by atoms with E-state index in [1.807, 2.05) is 6.07 Å². The first kappa shape index (κ1) is 14.2. The summed E-state index contributed by atoms with van der Waals surface area (Å²) in [5, 5.41) is 13.4. The fraction of sp³-hybridized carbons (Fsp3) is 0.538. The summed E-state index contributed by atoms with van der Waals surface area (Å²) in [6.07, 6.45) is 0.697. The molecule has 2 N–H and O–H groups in total. The average Bonchev–Trinajstić information content (AvgIpc) is 2.95. The zero-order valence-corrected chi connectivity index (χ0v) is 12.1. The normalized spacial score (nSPS) is 11.6. The van der Waals surface area contributed by atoms with E-state index in [1.165, 1.54) is 0 Å². The molecule has 1 amide bonds. The van der Waals surface area contributed by atoms with Gasteiger partial charge >= 0.3 is 0 Å². The van der Waals surface area contributed by atoms with E-state index in [0.717, 1.165) is 5.69 Å². The van der Waals surface area contributed by atoms with Gasteiger partial charge in [-0.05, 0) is 6.92 Å². The molecule has 0 unspecified atom stereocenters. The maximum absolute atomic E-state index is 11.8. The summed E-state index contributed by atoms with van der Waals surface area (Å²) in [7, 11) is 0. The summed E-state index contributed by atoms with van der Waals surface area (Å²) in [5.74, 6) is 1.44. The highest BCUT2D eigenvalue weighted by atomic mass is 16.5. The zero-order chi connectivity index (χ0) is 14.8. The number of rotatable bonds is 4. The summed E-state index contributed by atoms with van der Waals surface area (Å²) in [5.41, 5.74) is 0.942. The van der Waals surface area contributed by atoms with E-state index in [4.69, 9.17) is 4.52 Å². The first-order chi connectivity index (χ1) is 9.34. The van der Waals surface area contributed by atoms with E-state index in [-0.39, 0.29) is 17.7 Å². The number of hydrogen-bond acceptors (Lipinski definition) is 5. The molecule has 7 heteroatoms. The number of aromatic amines is 1. The molecule has 0 atom stereocenters. The van der Waals surface area contributed by atoms with Gasteiger partial charge in [-0.2, -0.15) is 10.1 Å². The molecule has 108 valence electrons. The number of nitrogens with zero attached hydrogens (tertiary/aromatic N) is 3. The second kappa shape index (κ2) is 5.44. The highest BCUT2D eigenvalue weighted by Crippen LogP contribution is 2.21. The number of H-pyrrole nitrogens is 1. The Labute approximate surface area is 117 Å². The van der Waals surface area contributed by atoms with Gasteiger partial charge in [0.05, 0.1) is 0 Å². The molecule has 0 saturated heterocycles. The number of anilines is 1.